The number of rotatable bonds is 5. The molecule has 1 aromatic rings. The molecule has 0 radical (unpaired) electrons. The minimum Gasteiger partial charge on any atom is -0.351 e. The minimum absolute atomic E-state index is 0.115. The van der Waals surface area contributed by atoms with E-state index in [-0.39, 0.29) is 11.6 Å². The fourth-order valence-electron chi connectivity index (χ4n) is 1.72. The lowest BCUT2D eigenvalue weighted by Gasteiger charge is -2.24. The molecule has 1 aromatic carbocycles. The Hall–Kier alpha value is -2.02. The Bertz CT molecular complexity index is 588. The number of hydrogen-bond acceptors (Lipinski definition) is 2. The first-order valence-corrected chi connectivity index (χ1v) is 6.57. The van der Waals surface area contributed by atoms with Crippen molar-refractivity contribution in [3.8, 4) is 0 Å². The molecule has 0 heterocycles. The Morgan fingerprint density at radius 1 is 1.41 bits per heavy atom. The number of carbonyl (C=O) groups is 2. The van der Waals surface area contributed by atoms with Gasteiger partial charge in [0.25, 0.3) is 0 Å². The molecule has 0 bridgehead atoms. The summed E-state index contributed by atoms with van der Waals surface area (Å²) in [6, 6.07) is 3.01. The molecule has 0 atom stereocenters. The second-order valence-electron chi connectivity index (χ2n) is 4.36. The highest BCUT2D eigenvalue weighted by Gasteiger charge is 2.36. The van der Waals surface area contributed by atoms with Crippen LogP contribution in [0.3, 0.4) is 0 Å². The third-order valence-electron chi connectivity index (χ3n) is 2.68. The molecular weight excluding hydrogens is 321 g/mol. The van der Waals surface area contributed by atoms with Crippen molar-refractivity contribution >= 4 is 29.1 Å². The molecule has 0 spiro atoms. The lowest BCUT2D eigenvalue weighted by Crippen LogP contribution is -2.40. The smallest absolute Gasteiger partial charge is 0.351 e. The first-order valence-electron chi connectivity index (χ1n) is 6.19. The van der Waals surface area contributed by atoms with E-state index >= 15 is 0 Å². The summed E-state index contributed by atoms with van der Waals surface area (Å²) in [7, 11) is 0. The predicted octanol–water partition coefficient (Wildman–Crippen LogP) is 3.01. The van der Waals surface area contributed by atoms with Crippen LogP contribution < -0.4 is 10.2 Å². The molecule has 8 heteroatoms. The van der Waals surface area contributed by atoms with Crippen LogP contribution in [0.2, 0.25) is 5.02 Å². The number of hydrogen-bond donors (Lipinski definition) is 1. The molecule has 0 aliphatic heterocycles. The van der Waals surface area contributed by atoms with Gasteiger partial charge in [0.15, 0.2) is 0 Å². The van der Waals surface area contributed by atoms with Gasteiger partial charge in [0.1, 0.15) is 6.54 Å². The highest BCUT2D eigenvalue weighted by molar-refractivity contribution is 6.30. The Labute approximate surface area is 130 Å². The minimum atomic E-state index is -4.70. The lowest BCUT2D eigenvalue weighted by atomic mass is 10.1. The van der Waals surface area contributed by atoms with Crippen LogP contribution in [0.5, 0.6) is 0 Å². The van der Waals surface area contributed by atoms with Gasteiger partial charge in [-0.25, -0.2) is 0 Å². The second kappa shape index (κ2) is 7.31. The summed E-state index contributed by atoms with van der Waals surface area (Å²) in [5, 5.41) is 2.28. The van der Waals surface area contributed by atoms with Crippen LogP contribution in [0.4, 0.5) is 18.9 Å². The van der Waals surface area contributed by atoms with E-state index in [4.69, 9.17) is 11.6 Å². The zero-order valence-electron chi connectivity index (χ0n) is 11.7. The van der Waals surface area contributed by atoms with Crippen molar-refractivity contribution in [1.82, 2.24) is 5.32 Å². The van der Waals surface area contributed by atoms with Gasteiger partial charge in [-0.15, -0.1) is 6.58 Å². The number of alkyl halides is 3. The van der Waals surface area contributed by atoms with E-state index in [0.29, 0.717) is 6.07 Å². The molecule has 1 rings (SSSR count). The lowest BCUT2D eigenvalue weighted by molar-refractivity contribution is -0.137. The number of nitrogens with one attached hydrogen (secondary N) is 1. The first kappa shape index (κ1) is 18.0. The van der Waals surface area contributed by atoms with Crippen molar-refractivity contribution in [2.45, 2.75) is 13.1 Å². The van der Waals surface area contributed by atoms with Crippen LogP contribution in [0, 0.1) is 0 Å². The van der Waals surface area contributed by atoms with Crippen molar-refractivity contribution in [3.63, 3.8) is 0 Å². The fourth-order valence-corrected chi connectivity index (χ4v) is 1.89. The summed E-state index contributed by atoms with van der Waals surface area (Å²) in [5.74, 6) is -1.29. The predicted molar refractivity (Wildman–Crippen MR) is 77.7 cm³/mol. The molecule has 0 unspecified atom stereocenters. The van der Waals surface area contributed by atoms with Gasteiger partial charge in [-0.3, -0.25) is 9.59 Å². The maximum Gasteiger partial charge on any atom is 0.418 e. The summed E-state index contributed by atoms with van der Waals surface area (Å²) in [6.07, 6.45) is -3.29. The Kier molecular flexibility index (Phi) is 5.99. The van der Waals surface area contributed by atoms with Gasteiger partial charge in [-0.1, -0.05) is 17.7 Å². The average molecular weight is 335 g/mol. The van der Waals surface area contributed by atoms with Crippen molar-refractivity contribution in [1.29, 1.82) is 0 Å². The SMILES string of the molecule is C=CCNC(=O)CN(C(C)=O)c1ccc(Cl)cc1C(F)(F)F. The van der Waals surface area contributed by atoms with Crippen LogP contribution in [0.1, 0.15) is 12.5 Å². The van der Waals surface area contributed by atoms with Gasteiger partial charge in [0.2, 0.25) is 11.8 Å². The molecule has 0 saturated heterocycles. The zero-order valence-corrected chi connectivity index (χ0v) is 12.5. The second-order valence-corrected chi connectivity index (χ2v) is 4.79. The third-order valence-corrected chi connectivity index (χ3v) is 2.92. The van der Waals surface area contributed by atoms with Gasteiger partial charge in [0, 0.05) is 18.5 Å². The Morgan fingerprint density at radius 2 is 2.05 bits per heavy atom. The topological polar surface area (TPSA) is 49.4 Å². The molecule has 0 aromatic heterocycles. The van der Waals surface area contributed by atoms with E-state index in [1.165, 1.54) is 12.1 Å². The fraction of sp³-hybridized carbons (Fsp3) is 0.286. The van der Waals surface area contributed by atoms with Crippen molar-refractivity contribution in [2.75, 3.05) is 18.0 Å². The number of carbonyl (C=O) groups excluding carboxylic acids is 2. The summed E-state index contributed by atoms with van der Waals surface area (Å²) in [4.78, 5) is 24.0. The maximum absolute atomic E-state index is 13.1. The number of halogens is 4. The highest BCUT2D eigenvalue weighted by atomic mass is 35.5. The van der Waals surface area contributed by atoms with Gasteiger partial charge >= 0.3 is 6.18 Å². The molecule has 1 N–H and O–H groups in total. The van der Waals surface area contributed by atoms with E-state index in [0.717, 1.165) is 17.9 Å². The van der Waals surface area contributed by atoms with Crippen LogP contribution in [-0.2, 0) is 15.8 Å². The van der Waals surface area contributed by atoms with Gasteiger partial charge in [-0.2, -0.15) is 13.2 Å². The van der Waals surface area contributed by atoms with E-state index in [9.17, 15) is 22.8 Å². The van der Waals surface area contributed by atoms with Crippen LogP contribution in [0.15, 0.2) is 30.9 Å². The van der Waals surface area contributed by atoms with E-state index in [1.54, 1.807) is 0 Å². The molecule has 120 valence electrons. The standard InChI is InChI=1S/C14H14ClF3N2O2/c1-3-6-19-13(22)8-20(9(2)21)12-5-4-10(15)7-11(12)14(16,17)18/h3-5,7H,1,6,8H2,2H3,(H,19,22). The molecule has 2 amide bonds. The van der Waals surface area contributed by atoms with Crippen LogP contribution >= 0.6 is 11.6 Å². The molecule has 4 nitrogen and oxygen atoms in total. The quantitative estimate of drug-likeness (QED) is 0.841. The Balaban J connectivity index is 3.19. The number of anilines is 1. The Morgan fingerprint density at radius 3 is 2.55 bits per heavy atom. The molecule has 0 aliphatic rings. The zero-order chi connectivity index (χ0) is 16.9. The monoisotopic (exact) mass is 334 g/mol. The van der Waals surface area contributed by atoms with Crippen LogP contribution in [0.25, 0.3) is 0 Å². The molecule has 22 heavy (non-hydrogen) atoms. The van der Waals surface area contributed by atoms with Gasteiger partial charge in [0.05, 0.1) is 11.3 Å². The number of amides is 2. The first-order chi connectivity index (χ1) is 10.2. The third kappa shape index (κ3) is 4.77. The van der Waals surface area contributed by atoms with Crippen molar-refractivity contribution in [3.05, 3.63) is 41.4 Å². The molecule has 0 fully saturated rings. The van der Waals surface area contributed by atoms with Gasteiger partial charge < -0.3 is 10.2 Å². The summed E-state index contributed by atoms with van der Waals surface area (Å²) in [6.45, 7) is 4.10. The molecule has 0 aliphatic carbocycles. The van der Waals surface area contributed by atoms with Gasteiger partial charge in [-0.05, 0) is 18.2 Å². The number of nitrogens with zero attached hydrogens (tertiary/aromatic N) is 1. The van der Waals surface area contributed by atoms with E-state index < -0.39 is 35.8 Å². The van der Waals surface area contributed by atoms with Crippen molar-refractivity contribution < 1.29 is 22.8 Å². The average Bonchev–Trinajstić information content (AvgIpc) is 2.41. The van der Waals surface area contributed by atoms with E-state index in [1.807, 2.05) is 0 Å². The largest absolute Gasteiger partial charge is 0.418 e. The summed E-state index contributed by atoms with van der Waals surface area (Å²) >= 11 is 5.59. The molecular formula is C14H14ClF3N2O2. The number of benzene rings is 1. The summed E-state index contributed by atoms with van der Waals surface area (Å²) in [5.41, 5.74) is -1.50. The van der Waals surface area contributed by atoms with E-state index in [2.05, 4.69) is 11.9 Å². The highest BCUT2D eigenvalue weighted by Crippen LogP contribution is 2.38. The molecule has 0 saturated carbocycles. The van der Waals surface area contributed by atoms with Crippen molar-refractivity contribution in [2.24, 2.45) is 0 Å². The normalized spacial score (nSPS) is 11.0. The maximum atomic E-state index is 13.1. The summed E-state index contributed by atoms with van der Waals surface area (Å²) < 4.78 is 39.2. The van der Waals surface area contributed by atoms with Crippen LogP contribution in [-0.4, -0.2) is 24.9 Å².